The third-order valence-electron chi connectivity index (χ3n) is 6.42. The van der Waals surface area contributed by atoms with Crippen LogP contribution in [-0.4, -0.2) is 63.0 Å². The lowest BCUT2D eigenvalue weighted by Gasteiger charge is -2.23. The van der Waals surface area contributed by atoms with Crippen molar-refractivity contribution < 1.29 is 32.2 Å². The van der Waals surface area contributed by atoms with Gasteiger partial charge in [0.1, 0.15) is 18.2 Å². The molecular formula is C29H32FN3O6S. The van der Waals surface area contributed by atoms with E-state index in [1.54, 1.807) is 60.7 Å². The summed E-state index contributed by atoms with van der Waals surface area (Å²) in [7, 11) is -3.69. The molecule has 1 amide bonds. The van der Waals surface area contributed by atoms with Crippen molar-refractivity contribution in [2.45, 2.75) is 29.7 Å². The summed E-state index contributed by atoms with van der Waals surface area (Å²) in [5, 5.41) is 8.91. The number of aliphatic hydroxyl groups is 1. The maximum absolute atomic E-state index is 13.9. The molecule has 11 heteroatoms. The zero-order chi connectivity index (χ0) is 28.4. The molecule has 0 bridgehead atoms. The van der Waals surface area contributed by atoms with Crippen LogP contribution in [0.25, 0.3) is 0 Å². The number of halogens is 1. The number of rotatable bonds is 14. The standard InChI is InChI=1S/C29H32FN3O6S/c30-26-10-5-4-7-22(26)15-17-31-33-28(35)29(16-20-40(36,37)25-8-2-1-3-9-25)21-39-27(32-29)23-11-13-24(14-12-23)38-19-6-18-34/h1-5,7-14,31,34H,6,15-21H2,(H,33,35)/t29-/m0/s1. The molecule has 0 radical (unpaired) electrons. The van der Waals surface area contributed by atoms with Gasteiger partial charge in [0.25, 0.3) is 5.91 Å². The van der Waals surface area contributed by atoms with Crippen LogP contribution in [0.4, 0.5) is 4.39 Å². The van der Waals surface area contributed by atoms with Crippen molar-refractivity contribution in [1.82, 2.24) is 10.9 Å². The van der Waals surface area contributed by atoms with Gasteiger partial charge in [-0.2, -0.15) is 0 Å². The lowest BCUT2D eigenvalue weighted by atomic mass is 9.98. The number of aliphatic imine (C=N–C) groups is 1. The Morgan fingerprint density at radius 3 is 2.50 bits per heavy atom. The first-order chi connectivity index (χ1) is 19.3. The molecule has 0 fully saturated rings. The Morgan fingerprint density at radius 2 is 1.77 bits per heavy atom. The second-order valence-corrected chi connectivity index (χ2v) is 11.4. The van der Waals surface area contributed by atoms with Gasteiger partial charge in [0.05, 0.1) is 17.3 Å². The van der Waals surface area contributed by atoms with E-state index in [2.05, 4.69) is 15.8 Å². The summed E-state index contributed by atoms with van der Waals surface area (Å²) < 4.78 is 51.3. The van der Waals surface area contributed by atoms with Gasteiger partial charge in [-0.05, 0) is 60.9 Å². The van der Waals surface area contributed by atoms with Gasteiger partial charge in [0.15, 0.2) is 15.4 Å². The summed E-state index contributed by atoms with van der Waals surface area (Å²) in [6, 6.07) is 21.3. The second-order valence-electron chi connectivity index (χ2n) is 9.29. The fourth-order valence-electron chi connectivity index (χ4n) is 4.11. The summed E-state index contributed by atoms with van der Waals surface area (Å²) in [4.78, 5) is 18.2. The highest BCUT2D eigenvalue weighted by atomic mass is 32.2. The normalized spacial score (nSPS) is 16.7. The van der Waals surface area contributed by atoms with E-state index >= 15 is 0 Å². The number of hydrogen-bond acceptors (Lipinski definition) is 8. The van der Waals surface area contributed by atoms with Crippen LogP contribution in [0, 0.1) is 5.82 Å². The monoisotopic (exact) mass is 569 g/mol. The molecule has 0 saturated carbocycles. The number of hydrazine groups is 1. The Hall–Kier alpha value is -3.80. The van der Waals surface area contributed by atoms with Gasteiger partial charge in [-0.25, -0.2) is 23.2 Å². The van der Waals surface area contributed by atoms with Gasteiger partial charge in [-0.1, -0.05) is 36.4 Å². The first-order valence-electron chi connectivity index (χ1n) is 12.9. The van der Waals surface area contributed by atoms with Crippen molar-refractivity contribution in [3.8, 4) is 5.75 Å². The van der Waals surface area contributed by atoms with Crippen molar-refractivity contribution in [2.75, 3.05) is 32.1 Å². The average molecular weight is 570 g/mol. The van der Waals surface area contributed by atoms with Crippen LogP contribution in [0.1, 0.15) is 24.0 Å². The number of amides is 1. The molecule has 1 atom stereocenters. The molecule has 0 aliphatic carbocycles. The SMILES string of the molecule is O=C(NNCCc1ccccc1F)[C@]1(CCS(=O)(=O)c2ccccc2)COC(c2ccc(OCCCO)cc2)=N1. The van der Waals surface area contributed by atoms with Gasteiger partial charge < -0.3 is 14.6 Å². The molecule has 0 aromatic heterocycles. The van der Waals surface area contributed by atoms with Crippen LogP contribution in [-0.2, 0) is 25.8 Å². The number of nitrogens with zero attached hydrogens (tertiary/aromatic N) is 1. The number of aliphatic hydroxyl groups excluding tert-OH is 1. The van der Waals surface area contributed by atoms with Crippen LogP contribution in [0.15, 0.2) is 88.8 Å². The third-order valence-corrected chi connectivity index (χ3v) is 8.16. The Balaban J connectivity index is 1.48. The van der Waals surface area contributed by atoms with E-state index in [1.165, 1.54) is 18.2 Å². The van der Waals surface area contributed by atoms with Crippen LogP contribution in [0.3, 0.4) is 0 Å². The summed E-state index contributed by atoms with van der Waals surface area (Å²) in [5.74, 6) is -0.393. The minimum atomic E-state index is -3.69. The van der Waals surface area contributed by atoms with E-state index in [0.29, 0.717) is 36.3 Å². The van der Waals surface area contributed by atoms with Crippen LogP contribution in [0.5, 0.6) is 5.75 Å². The van der Waals surface area contributed by atoms with E-state index in [-0.39, 0.29) is 48.5 Å². The van der Waals surface area contributed by atoms with Crippen molar-refractivity contribution in [1.29, 1.82) is 0 Å². The molecular weight excluding hydrogens is 537 g/mol. The number of ether oxygens (including phenoxy) is 2. The quantitative estimate of drug-likeness (QED) is 0.201. The van der Waals surface area contributed by atoms with Gasteiger partial charge in [0, 0.05) is 25.1 Å². The van der Waals surface area contributed by atoms with Crippen LogP contribution >= 0.6 is 0 Å². The highest BCUT2D eigenvalue weighted by Crippen LogP contribution is 2.28. The number of carbonyl (C=O) groups is 1. The van der Waals surface area contributed by atoms with Crippen molar-refractivity contribution in [3.05, 3.63) is 95.8 Å². The molecule has 1 aliphatic heterocycles. The largest absolute Gasteiger partial charge is 0.494 e. The second kappa shape index (κ2) is 13.5. The average Bonchev–Trinajstić information content (AvgIpc) is 3.42. The first kappa shape index (κ1) is 29.2. The Labute approximate surface area is 232 Å². The molecule has 4 rings (SSSR count). The van der Waals surface area contributed by atoms with E-state index < -0.39 is 21.3 Å². The van der Waals surface area contributed by atoms with Gasteiger partial charge >= 0.3 is 0 Å². The minimum Gasteiger partial charge on any atom is -0.494 e. The van der Waals surface area contributed by atoms with Crippen molar-refractivity contribution >= 4 is 21.6 Å². The molecule has 9 nitrogen and oxygen atoms in total. The zero-order valence-corrected chi connectivity index (χ0v) is 22.7. The van der Waals surface area contributed by atoms with Crippen LogP contribution < -0.4 is 15.6 Å². The predicted octanol–water partition coefficient (Wildman–Crippen LogP) is 2.83. The molecule has 3 N–H and O–H groups in total. The maximum atomic E-state index is 13.9. The molecule has 0 saturated heterocycles. The molecule has 1 heterocycles. The van der Waals surface area contributed by atoms with E-state index in [9.17, 15) is 17.6 Å². The number of sulfone groups is 1. The number of hydrogen-bond donors (Lipinski definition) is 3. The molecule has 40 heavy (non-hydrogen) atoms. The summed E-state index contributed by atoms with van der Waals surface area (Å²) in [6.45, 7) is 0.504. The van der Waals surface area contributed by atoms with Gasteiger partial charge in [-0.15, -0.1) is 0 Å². The van der Waals surface area contributed by atoms with E-state index in [0.717, 1.165) is 0 Å². The number of nitrogens with one attached hydrogen (secondary N) is 2. The minimum absolute atomic E-state index is 0.0326. The fraction of sp³-hybridized carbons (Fsp3) is 0.310. The smallest absolute Gasteiger partial charge is 0.265 e. The highest BCUT2D eigenvalue weighted by molar-refractivity contribution is 7.91. The lowest BCUT2D eigenvalue weighted by molar-refractivity contribution is -0.127. The molecule has 3 aromatic carbocycles. The number of carbonyl (C=O) groups excluding carboxylic acids is 1. The first-order valence-corrected chi connectivity index (χ1v) is 14.6. The molecule has 0 spiro atoms. The number of benzene rings is 3. The fourth-order valence-corrected chi connectivity index (χ4v) is 5.52. The van der Waals surface area contributed by atoms with Crippen LogP contribution in [0.2, 0.25) is 0 Å². The summed E-state index contributed by atoms with van der Waals surface area (Å²) >= 11 is 0. The Morgan fingerprint density at radius 1 is 1.05 bits per heavy atom. The molecule has 3 aromatic rings. The Kier molecular flexibility index (Phi) is 9.86. The van der Waals surface area contributed by atoms with Crippen molar-refractivity contribution in [3.63, 3.8) is 0 Å². The van der Waals surface area contributed by atoms with E-state index in [1.807, 2.05) is 0 Å². The van der Waals surface area contributed by atoms with Gasteiger partial charge in [-0.3, -0.25) is 10.2 Å². The topological polar surface area (TPSA) is 126 Å². The third kappa shape index (κ3) is 7.44. The Bertz CT molecular complexity index is 1420. The maximum Gasteiger partial charge on any atom is 0.265 e. The summed E-state index contributed by atoms with van der Waals surface area (Å²) in [5.41, 5.74) is 5.01. The highest BCUT2D eigenvalue weighted by Gasteiger charge is 2.45. The summed E-state index contributed by atoms with van der Waals surface area (Å²) in [6.07, 6.45) is 0.729. The zero-order valence-electron chi connectivity index (χ0n) is 21.9. The molecule has 1 aliphatic rings. The molecule has 212 valence electrons. The van der Waals surface area contributed by atoms with E-state index in [4.69, 9.17) is 14.6 Å². The van der Waals surface area contributed by atoms with Gasteiger partial charge in [0.2, 0.25) is 5.90 Å². The molecule has 0 unspecified atom stereocenters. The van der Waals surface area contributed by atoms with Crippen molar-refractivity contribution in [2.24, 2.45) is 4.99 Å². The lowest BCUT2D eigenvalue weighted by Crippen LogP contribution is -2.52. The predicted molar refractivity (Wildman–Crippen MR) is 148 cm³/mol.